The van der Waals surface area contributed by atoms with E-state index in [9.17, 15) is 0 Å². The molecule has 1 N–H and O–H groups in total. The van der Waals surface area contributed by atoms with E-state index in [4.69, 9.17) is 11.6 Å². The summed E-state index contributed by atoms with van der Waals surface area (Å²) in [5, 5.41) is 0.727. The van der Waals surface area contributed by atoms with Gasteiger partial charge in [-0.3, -0.25) is 0 Å². The van der Waals surface area contributed by atoms with Crippen molar-refractivity contribution in [2.75, 3.05) is 0 Å². The number of H-pyrrole nitrogens is 1. The molecule has 1 aromatic heterocycles. The first-order valence-corrected chi connectivity index (χ1v) is 4.95. The molecule has 2 aromatic rings. The minimum atomic E-state index is 0.727. The van der Waals surface area contributed by atoms with Crippen LogP contribution in [0.1, 0.15) is 0 Å². The van der Waals surface area contributed by atoms with E-state index in [0.29, 0.717) is 0 Å². The maximum Gasteiger partial charge on any atom is 0.0706 e. The molecule has 3 heteroatoms. The van der Waals surface area contributed by atoms with Crippen LogP contribution in [-0.4, -0.2) is 4.98 Å². The highest BCUT2D eigenvalue weighted by Crippen LogP contribution is 2.29. The Morgan fingerprint density at radius 1 is 1.31 bits per heavy atom. The molecule has 0 amide bonds. The van der Waals surface area contributed by atoms with Crippen molar-refractivity contribution in [1.82, 2.24) is 4.98 Å². The van der Waals surface area contributed by atoms with Crippen LogP contribution < -0.4 is 0 Å². The highest BCUT2D eigenvalue weighted by Gasteiger charge is 2.03. The second kappa shape index (κ2) is 3.56. The molecule has 65 valence electrons. The lowest BCUT2D eigenvalue weighted by atomic mass is 10.1. The van der Waals surface area contributed by atoms with E-state index in [1.54, 1.807) is 0 Å². The minimum Gasteiger partial charge on any atom is -0.359 e. The maximum atomic E-state index is 6.06. The Kier molecular flexibility index (Phi) is 2.42. The summed E-state index contributed by atoms with van der Waals surface area (Å²) in [6, 6.07) is 7.74. The molecule has 0 atom stereocenters. The Morgan fingerprint density at radius 3 is 2.77 bits per heavy atom. The van der Waals surface area contributed by atoms with Crippen LogP contribution in [0.5, 0.6) is 0 Å². The number of rotatable bonds is 1. The van der Waals surface area contributed by atoms with E-state index in [1.165, 1.54) is 0 Å². The van der Waals surface area contributed by atoms with Crippen LogP contribution in [0, 0.1) is 6.20 Å². The number of benzene rings is 1. The van der Waals surface area contributed by atoms with Gasteiger partial charge in [0.1, 0.15) is 0 Å². The van der Waals surface area contributed by atoms with Gasteiger partial charge in [0.15, 0.2) is 0 Å². The monoisotopic (exact) mass is 254 g/mol. The van der Waals surface area contributed by atoms with Gasteiger partial charge in [0.2, 0.25) is 0 Å². The zero-order chi connectivity index (χ0) is 9.26. The maximum absolute atomic E-state index is 6.06. The molecule has 1 nitrogen and oxygen atoms in total. The zero-order valence-corrected chi connectivity index (χ0v) is 8.98. The highest BCUT2D eigenvalue weighted by atomic mass is 79.9. The van der Waals surface area contributed by atoms with Gasteiger partial charge in [-0.2, -0.15) is 0 Å². The third-order valence-corrected chi connectivity index (χ3v) is 2.57. The first-order valence-electron chi connectivity index (χ1n) is 3.78. The second-order valence-corrected chi connectivity index (χ2v) is 3.96. The fourth-order valence-electron chi connectivity index (χ4n) is 1.15. The largest absolute Gasteiger partial charge is 0.359 e. The van der Waals surface area contributed by atoms with Crippen molar-refractivity contribution in [2.45, 2.75) is 0 Å². The van der Waals surface area contributed by atoms with Crippen molar-refractivity contribution in [3.05, 3.63) is 46.2 Å². The molecule has 2 rings (SSSR count). The normalized spacial score (nSPS) is 10.3. The summed E-state index contributed by atoms with van der Waals surface area (Å²) in [5.41, 5.74) is 1.98. The van der Waals surface area contributed by atoms with Gasteiger partial charge >= 0.3 is 0 Å². The molecule has 0 saturated heterocycles. The van der Waals surface area contributed by atoms with E-state index < -0.39 is 0 Å². The molecule has 1 heterocycles. The van der Waals surface area contributed by atoms with Crippen molar-refractivity contribution in [2.24, 2.45) is 0 Å². The Labute approximate surface area is 89.9 Å². The molecule has 13 heavy (non-hydrogen) atoms. The molecule has 1 aromatic carbocycles. The Balaban J connectivity index is 2.53. The van der Waals surface area contributed by atoms with Gasteiger partial charge in [0, 0.05) is 26.8 Å². The van der Waals surface area contributed by atoms with Crippen LogP contribution in [0.25, 0.3) is 11.1 Å². The third kappa shape index (κ3) is 1.79. The number of hydrogen-bond acceptors (Lipinski definition) is 0. The van der Waals surface area contributed by atoms with Crippen LogP contribution in [-0.2, 0) is 0 Å². The third-order valence-electron chi connectivity index (χ3n) is 1.76. The fraction of sp³-hybridized carbons (Fsp3) is 0. The molecule has 1 radical (unpaired) electrons. The van der Waals surface area contributed by atoms with Crippen LogP contribution in [0.15, 0.2) is 34.9 Å². The number of nitrogens with one attached hydrogen (secondary N) is 1. The molecule has 0 bridgehead atoms. The number of halogens is 2. The summed E-state index contributed by atoms with van der Waals surface area (Å²) in [5.74, 6) is 0. The predicted octanol–water partition coefficient (Wildman–Crippen LogP) is 3.90. The van der Waals surface area contributed by atoms with E-state index >= 15 is 0 Å². The quantitative estimate of drug-likeness (QED) is 0.795. The fourth-order valence-corrected chi connectivity index (χ4v) is 1.93. The van der Waals surface area contributed by atoms with E-state index in [-0.39, 0.29) is 0 Å². The van der Waals surface area contributed by atoms with Crippen molar-refractivity contribution in [1.29, 1.82) is 0 Å². The van der Waals surface area contributed by atoms with Crippen molar-refractivity contribution >= 4 is 27.5 Å². The SMILES string of the molecule is Clc1cc(Br)ccc1-c1[c][nH]cc1. The highest BCUT2D eigenvalue weighted by molar-refractivity contribution is 9.10. The summed E-state index contributed by atoms with van der Waals surface area (Å²) in [6.07, 6.45) is 4.82. The number of hydrogen-bond donors (Lipinski definition) is 1. The molecule has 0 aliphatic carbocycles. The topological polar surface area (TPSA) is 15.8 Å². The molecule has 0 unspecified atom stereocenters. The van der Waals surface area contributed by atoms with E-state index in [0.717, 1.165) is 20.6 Å². The summed E-state index contributed by atoms with van der Waals surface area (Å²) in [7, 11) is 0. The van der Waals surface area contributed by atoms with E-state index in [2.05, 4.69) is 27.1 Å². The van der Waals surface area contributed by atoms with Crippen molar-refractivity contribution in [3.63, 3.8) is 0 Å². The van der Waals surface area contributed by atoms with Gasteiger partial charge in [0.25, 0.3) is 0 Å². The lowest BCUT2D eigenvalue weighted by Crippen LogP contribution is -1.76. The first kappa shape index (κ1) is 8.85. The van der Waals surface area contributed by atoms with Crippen molar-refractivity contribution in [3.8, 4) is 11.1 Å². The molecule has 0 spiro atoms. The van der Waals surface area contributed by atoms with Gasteiger partial charge in [-0.15, -0.1) is 0 Å². The van der Waals surface area contributed by atoms with Gasteiger partial charge in [-0.05, 0) is 18.2 Å². The summed E-state index contributed by atoms with van der Waals surface area (Å²) < 4.78 is 0.983. The Bertz CT molecular complexity index is 409. The van der Waals surface area contributed by atoms with Crippen LogP contribution in [0.4, 0.5) is 0 Å². The molecular weight excluding hydrogens is 249 g/mol. The average molecular weight is 256 g/mol. The molecule has 0 aliphatic heterocycles. The van der Waals surface area contributed by atoms with Gasteiger partial charge in [0.05, 0.1) is 6.20 Å². The Hall–Kier alpha value is -0.730. The van der Waals surface area contributed by atoms with Gasteiger partial charge < -0.3 is 4.98 Å². The molecular formula is C10H6BrClN. The number of aromatic nitrogens is 1. The summed E-state index contributed by atoms with van der Waals surface area (Å²) >= 11 is 9.41. The number of aromatic amines is 1. The smallest absolute Gasteiger partial charge is 0.0706 e. The van der Waals surface area contributed by atoms with Gasteiger partial charge in [-0.1, -0.05) is 33.6 Å². The minimum absolute atomic E-state index is 0.727. The lowest BCUT2D eigenvalue weighted by Gasteiger charge is -2.00. The second-order valence-electron chi connectivity index (χ2n) is 2.64. The standard InChI is InChI=1S/C10H6BrClN/c11-8-1-2-9(10(12)5-8)7-3-4-13-6-7/h1-5,13H. The average Bonchev–Trinajstić information content (AvgIpc) is 2.56. The van der Waals surface area contributed by atoms with Crippen LogP contribution in [0.3, 0.4) is 0 Å². The van der Waals surface area contributed by atoms with Crippen molar-refractivity contribution < 1.29 is 0 Å². The predicted molar refractivity (Wildman–Crippen MR) is 57.8 cm³/mol. The summed E-state index contributed by atoms with van der Waals surface area (Å²) in [6.45, 7) is 0. The van der Waals surface area contributed by atoms with Crippen LogP contribution >= 0.6 is 27.5 Å². The molecule has 0 fully saturated rings. The van der Waals surface area contributed by atoms with Gasteiger partial charge in [-0.25, -0.2) is 0 Å². The van der Waals surface area contributed by atoms with E-state index in [1.807, 2.05) is 30.5 Å². The Morgan fingerprint density at radius 2 is 2.15 bits per heavy atom. The first-order chi connectivity index (χ1) is 6.27. The zero-order valence-electron chi connectivity index (χ0n) is 6.64. The molecule has 0 aliphatic rings. The lowest BCUT2D eigenvalue weighted by molar-refractivity contribution is 1.40. The van der Waals surface area contributed by atoms with Crippen LogP contribution in [0.2, 0.25) is 5.02 Å². The summed E-state index contributed by atoms with van der Waals surface area (Å²) in [4.78, 5) is 2.87. The molecule has 0 saturated carbocycles.